The van der Waals surface area contributed by atoms with E-state index in [4.69, 9.17) is 5.73 Å². The summed E-state index contributed by atoms with van der Waals surface area (Å²) in [6.45, 7) is 5.23. The molecule has 0 rings (SSSR count). The second-order valence-corrected chi connectivity index (χ2v) is 3.80. The van der Waals surface area contributed by atoms with Crippen LogP contribution in [0.15, 0.2) is 0 Å². The first kappa shape index (κ1) is 14.9. The quantitative estimate of drug-likeness (QED) is 0.409. The van der Waals surface area contributed by atoms with Crippen molar-refractivity contribution >= 4 is 11.9 Å². The number of carbonyl (C=O) groups is 2. The molecule has 2 unspecified atom stereocenters. The van der Waals surface area contributed by atoms with E-state index in [9.17, 15) is 14.7 Å². The highest BCUT2D eigenvalue weighted by Crippen LogP contribution is 2.05. The second-order valence-electron chi connectivity index (χ2n) is 3.80. The van der Waals surface area contributed by atoms with Crippen LogP contribution in [0, 0.1) is 0 Å². The van der Waals surface area contributed by atoms with Gasteiger partial charge in [-0.15, -0.1) is 0 Å². The van der Waals surface area contributed by atoms with E-state index in [0.717, 1.165) is 0 Å². The minimum atomic E-state index is -1.34. The van der Waals surface area contributed by atoms with Crippen molar-refractivity contribution in [1.29, 1.82) is 0 Å². The molecule has 0 radical (unpaired) electrons. The van der Waals surface area contributed by atoms with Gasteiger partial charge in [-0.05, 0) is 20.3 Å². The first-order valence-electron chi connectivity index (χ1n) is 5.26. The molecule has 0 aromatic heterocycles. The van der Waals surface area contributed by atoms with Crippen molar-refractivity contribution in [2.75, 3.05) is 13.2 Å². The number of rotatable bonds is 6. The summed E-state index contributed by atoms with van der Waals surface area (Å²) in [4.78, 5) is 22.5. The Morgan fingerprint density at radius 2 is 2.06 bits per heavy atom. The van der Waals surface area contributed by atoms with Crippen LogP contribution in [-0.4, -0.2) is 41.8 Å². The smallest absolute Gasteiger partial charge is 0.332 e. The topological polar surface area (TPSA) is 102 Å². The largest absolute Gasteiger partial charge is 0.464 e. The molecular formula is C10H20N2O4. The molecule has 6 nitrogen and oxygen atoms in total. The maximum Gasteiger partial charge on any atom is 0.332 e. The van der Waals surface area contributed by atoms with Crippen LogP contribution in [0.4, 0.5) is 0 Å². The lowest BCUT2D eigenvalue weighted by atomic mass is 10.0. The van der Waals surface area contributed by atoms with Gasteiger partial charge in [0.15, 0.2) is 6.04 Å². The molecule has 0 saturated carbocycles. The second kappa shape index (κ2) is 6.44. The minimum Gasteiger partial charge on any atom is -0.464 e. The summed E-state index contributed by atoms with van der Waals surface area (Å²) in [6.07, 6.45) is 0.488. The van der Waals surface area contributed by atoms with E-state index in [2.05, 4.69) is 10.1 Å². The molecule has 0 heterocycles. The zero-order valence-electron chi connectivity index (χ0n) is 9.95. The normalized spacial score (nSPS) is 16.1. The number of aliphatic hydroxyl groups is 1. The van der Waals surface area contributed by atoms with E-state index in [1.165, 1.54) is 0 Å². The van der Waals surface area contributed by atoms with Crippen molar-refractivity contribution < 1.29 is 19.4 Å². The molecule has 1 amide bonds. The molecule has 0 spiro atoms. The molecule has 0 aliphatic carbocycles. The molecule has 0 aliphatic heterocycles. The van der Waals surface area contributed by atoms with Gasteiger partial charge in [-0.3, -0.25) is 4.79 Å². The van der Waals surface area contributed by atoms with Crippen LogP contribution in [0.25, 0.3) is 0 Å². The highest BCUT2D eigenvalue weighted by Gasteiger charge is 2.25. The predicted octanol–water partition coefficient (Wildman–Crippen LogP) is -0.846. The summed E-state index contributed by atoms with van der Waals surface area (Å²) in [7, 11) is 0. The Morgan fingerprint density at radius 3 is 2.50 bits per heavy atom. The van der Waals surface area contributed by atoms with Gasteiger partial charge in [0.1, 0.15) is 0 Å². The Morgan fingerprint density at radius 1 is 1.50 bits per heavy atom. The lowest BCUT2D eigenvalue weighted by molar-refractivity contribution is -0.148. The molecule has 0 saturated heterocycles. The lowest BCUT2D eigenvalue weighted by Gasteiger charge is -2.22. The average Bonchev–Trinajstić information content (AvgIpc) is 2.25. The average molecular weight is 232 g/mol. The van der Waals surface area contributed by atoms with E-state index in [1.54, 1.807) is 20.8 Å². The lowest BCUT2D eigenvalue weighted by Crippen LogP contribution is -2.50. The van der Waals surface area contributed by atoms with E-state index in [0.29, 0.717) is 6.42 Å². The van der Waals surface area contributed by atoms with E-state index < -0.39 is 23.5 Å². The monoisotopic (exact) mass is 232 g/mol. The third-order valence-corrected chi connectivity index (χ3v) is 2.23. The van der Waals surface area contributed by atoms with Crippen LogP contribution < -0.4 is 11.1 Å². The van der Waals surface area contributed by atoms with Crippen LogP contribution in [0.3, 0.4) is 0 Å². The molecule has 4 N–H and O–H groups in total. The molecule has 2 atom stereocenters. The Labute approximate surface area is 95.1 Å². The summed E-state index contributed by atoms with van der Waals surface area (Å²) >= 11 is 0. The van der Waals surface area contributed by atoms with Crippen LogP contribution in [0.1, 0.15) is 27.2 Å². The molecule has 94 valence electrons. The molecule has 0 bridgehead atoms. The van der Waals surface area contributed by atoms with Crippen molar-refractivity contribution in [2.45, 2.75) is 38.8 Å². The van der Waals surface area contributed by atoms with Gasteiger partial charge < -0.3 is 20.9 Å². The third-order valence-electron chi connectivity index (χ3n) is 2.23. The first-order valence-corrected chi connectivity index (χ1v) is 5.26. The number of amides is 1. The molecule has 16 heavy (non-hydrogen) atoms. The number of hydrogen-bond acceptors (Lipinski definition) is 5. The molecule has 0 aliphatic rings. The Kier molecular flexibility index (Phi) is 5.98. The number of ether oxygens (including phenoxy) is 1. The molecule has 0 aromatic rings. The molecular weight excluding hydrogens is 212 g/mol. The van der Waals surface area contributed by atoms with Crippen molar-refractivity contribution in [3.05, 3.63) is 0 Å². The molecule has 0 aromatic carbocycles. The number of nitrogens with two attached hydrogens (primary N) is 1. The summed E-state index contributed by atoms with van der Waals surface area (Å²) in [5.41, 5.74) is 4.35. The van der Waals surface area contributed by atoms with Crippen molar-refractivity contribution in [2.24, 2.45) is 5.73 Å². The van der Waals surface area contributed by atoms with Crippen molar-refractivity contribution in [3.63, 3.8) is 0 Å². The van der Waals surface area contributed by atoms with Gasteiger partial charge in [0.25, 0.3) is 0 Å². The van der Waals surface area contributed by atoms with Crippen molar-refractivity contribution in [3.8, 4) is 0 Å². The number of nitrogens with one attached hydrogen (secondary N) is 1. The maximum atomic E-state index is 11.4. The SMILES string of the molecule is CCOC(=O)C(N)C(=O)NCC(C)(O)CC. The number of carbonyl (C=O) groups excluding carboxylic acids is 2. The fraction of sp³-hybridized carbons (Fsp3) is 0.800. The van der Waals surface area contributed by atoms with Crippen LogP contribution >= 0.6 is 0 Å². The van der Waals surface area contributed by atoms with Gasteiger partial charge in [-0.2, -0.15) is 0 Å². The van der Waals surface area contributed by atoms with E-state index >= 15 is 0 Å². The maximum absolute atomic E-state index is 11.4. The van der Waals surface area contributed by atoms with E-state index in [-0.39, 0.29) is 13.2 Å². The predicted molar refractivity (Wildman–Crippen MR) is 58.5 cm³/mol. The van der Waals surface area contributed by atoms with E-state index in [1.807, 2.05) is 0 Å². The van der Waals surface area contributed by atoms with Gasteiger partial charge >= 0.3 is 5.97 Å². The number of hydrogen-bond donors (Lipinski definition) is 3. The van der Waals surface area contributed by atoms with Gasteiger partial charge in [-0.1, -0.05) is 6.92 Å². The van der Waals surface area contributed by atoms with Crippen LogP contribution in [-0.2, 0) is 14.3 Å². The zero-order valence-corrected chi connectivity index (χ0v) is 9.95. The summed E-state index contributed by atoms with van der Waals surface area (Å²) < 4.78 is 4.60. The van der Waals surface area contributed by atoms with Crippen LogP contribution in [0.2, 0.25) is 0 Å². The summed E-state index contributed by atoms with van der Waals surface area (Å²) in [5.74, 6) is -1.41. The molecule has 6 heteroatoms. The fourth-order valence-corrected chi connectivity index (χ4v) is 0.852. The van der Waals surface area contributed by atoms with Gasteiger partial charge in [0, 0.05) is 6.54 Å². The van der Waals surface area contributed by atoms with Gasteiger partial charge in [-0.25, -0.2) is 4.79 Å². The Balaban J connectivity index is 4.11. The molecule has 0 fully saturated rings. The fourth-order valence-electron chi connectivity index (χ4n) is 0.852. The Hall–Kier alpha value is -1.14. The minimum absolute atomic E-state index is 0.0510. The summed E-state index contributed by atoms with van der Waals surface area (Å²) in [6, 6.07) is -1.34. The highest BCUT2D eigenvalue weighted by atomic mass is 16.5. The van der Waals surface area contributed by atoms with Crippen molar-refractivity contribution in [1.82, 2.24) is 5.32 Å². The standard InChI is InChI=1S/C10H20N2O4/c1-4-10(3,15)6-12-8(13)7(11)9(14)16-5-2/h7,15H,4-6,11H2,1-3H3,(H,12,13). The zero-order chi connectivity index (χ0) is 12.8. The third kappa shape index (κ3) is 5.09. The Bertz CT molecular complexity index is 253. The van der Waals surface area contributed by atoms with Crippen LogP contribution in [0.5, 0.6) is 0 Å². The summed E-state index contributed by atoms with van der Waals surface area (Å²) in [5, 5.41) is 12.0. The first-order chi connectivity index (χ1) is 7.34. The number of esters is 1. The highest BCUT2D eigenvalue weighted by molar-refractivity contribution is 6.01. The van der Waals surface area contributed by atoms with Gasteiger partial charge in [0.2, 0.25) is 5.91 Å². The van der Waals surface area contributed by atoms with Gasteiger partial charge in [0.05, 0.1) is 12.2 Å².